The van der Waals surface area contributed by atoms with E-state index in [1.807, 2.05) is 11.8 Å². The molecule has 0 spiro atoms. The molecule has 0 aromatic heterocycles. The second-order valence-electron chi connectivity index (χ2n) is 7.89. The average Bonchev–Trinajstić information content (AvgIpc) is 2.78. The van der Waals surface area contributed by atoms with Crippen LogP contribution in [0.15, 0.2) is 48.5 Å². The Bertz CT molecular complexity index is 919. The van der Waals surface area contributed by atoms with Crippen LogP contribution in [0.5, 0.6) is 0 Å². The van der Waals surface area contributed by atoms with Crippen molar-refractivity contribution in [3.8, 4) is 0 Å². The molecule has 2 aromatic carbocycles. The minimum Gasteiger partial charge on any atom is -0.376 e. The van der Waals surface area contributed by atoms with Gasteiger partial charge in [-0.05, 0) is 68.1 Å². The van der Waals surface area contributed by atoms with Crippen molar-refractivity contribution in [3.05, 3.63) is 59.7 Å². The van der Waals surface area contributed by atoms with E-state index >= 15 is 0 Å². The Labute approximate surface area is 183 Å². The van der Waals surface area contributed by atoms with E-state index in [0.717, 1.165) is 31.6 Å². The highest BCUT2D eigenvalue weighted by molar-refractivity contribution is 5.98. The van der Waals surface area contributed by atoms with Crippen LogP contribution in [-0.2, 0) is 4.79 Å². The maximum atomic E-state index is 12.7. The molecule has 1 aliphatic heterocycles. The van der Waals surface area contributed by atoms with Gasteiger partial charge in [0, 0.05) is 42.1 Å². The zero-order chi connectivity index (χ0) is 22.2. The van der Waals surface area contributed by atoms with Crippen molar-refractivity contribution in [1.29, 1.82) is 0 Å². The summed E-state index contributed by atoms with van der Waals surface area (Å²) >= 11 is 0. The number of carbonyl (C=O) groups excluding carboxylic acids is 3. The Balaban J connectivity index is 1.52. The van der Waals surface area contributed by atoms with Gasteiger partial charge in [0.1, 0.15) is 0 Å². The summed E-state index contributed by atoms with van der Waals surface area (Å²) in [5.74, 6) is 0.324. The first-order valence-corrected chi connectivity index (χ1v) is 10.8. The van der Waals surface area contributed by atoms with Crippen LogP contribution >= 0.6 is 0 Å². The first-order valence-electron chi connectivity index (χ1n) is 10.8. The second-order valence-corrected chi connectivity index (χ2v) is 7.89. The summed E-state index contributed by atoms with van der Waals surface area (Å²) in [6, 6.07) is 14.0. The number of hydrogen-bond acceptors (Lipinski definition) is 4. The van der Waals surface area contributed by atoms with Gasteiger partial charge in [0.15, 0.2) is 0 Å². The molecule has 1 saturated heterocycles. The number of benzene rings is 2. The zero-order valence-corrected chi connectivity index (χ0v) is 18.1. The summed E-state index contributed by atoms with van der Waals surface area (Å²) in [4.78, 5) is 38.8. The van der Waals surface area contributed by atoms with Crippen molar-refractivity contribution in [1.82, 2.24) is 10.2 Å². The molecule has 3 rings (SSSR count). The van der Waals surface area contributed by atoms with Crippen LogP contribution in [0.1, 0.15) is 47.4 Å². The number of hydrogen-bond donors (Lipinski definition) is 3. The second kappa shape index (κ2) is 10.6. The first-order chi connectivity index (χ1) is 15.0. The molecule has 1 heterocycles. The smallest absolute Gasteiger partial charge is 0.253 e. The molecule has 0 bridgehead atoms. The first kappa shape index (κ1) is 22.3. The number of nitrogens with one attached hydrogen (secondary N) is 3. The highest BCUT2D eigenvalue weighted by Gasteiger charge is 2.21. The molecule has 164 valence electrons. The van der Waals surface area contributed by atoms with E-state index in [1.54, 1.807) is 48.5 Å². The molecular weight excluding hydrogens is 392 g/mol. The van der Waals surface area contributed by atoms with E-state index in [0.29, 0.717) is 29.3 Å². The predicted molar refractivity (Wildman–Crippen MR) is 122 cm³/mol. The van der Waals surface area contributed by atoms with E-state index in [4.69, 9.17) is 0 Å². The predicted octanol–water partition coefficient (Wildman–Crippen LogP) is 3.36. The normalized spacial score (nSPS) is 14.1. The Morgan fingerprint density at radius 2 is 1.68 bits per heavy atom. The molecule has 1 fully saturated rings. The molecule has 0 atom stereocenters. The third-order valence-corrected chi connectivity index (χ3v) is 5.40. The molecule has 7 nitrogen and oxygen atoms in total. The lowest BCUT2D eigenvalue weighted by molar-refractivity contribution is -0.114. The van der Waals surface area contributed by atoms with Crippen molar-refractivity contribution in [2.24, 2.45) is 5.92 Å². The zero-order valence-electron chi connectivity index (χ0n) is 18.1. The summed E-state index contributed by atoms with van der Waals surface area (Å²) in [6.45, 7) is 6.28. The maximum Gasteiger partial charge on any atom is 0.253 e. The Kier molecular flexibility index (Phi) is 7.65. The quantitative estimate of drug-likeness (QED) is 0.638. The fraction of sp³-hybridized carbons (Fsp3) is 0.375. The minimum atomic E-state index is -0.218. The lowest BCUT2D eigenvalue weighted by Gasteiger charge is -2.30. The molecule has 0 radical (unpaired) electrons. The Morgan fingerprint density at radius 3 is 2.35 bits per heavy atom. The monoisotopic (exact) mass is 422 g/mol. The van der Waals surface area contributed by atoms with Crippen LogP contribution in [0, 0.1) is 5.92 Å². The van der Waals surface area contributed by atoms with Crippen LogP contribution in [0.3, 0.4) is 0 Å². The summed E-state index contributed by atoms with van der Waals surface area (Å²) in [5, 5.41) is 8.61. The van der Waals surface area contributed by atoms with E-state index in [1.165, 1.54) is 0 Å². The van der Waals surface area contributed by atoms with Crippen molar-refractivity contribution >= 4 is 29.1 Å². The molecule has 3 amide bonds. The molecule has 7 heteroatoms. The van der Waals surface area contributed by atoms with Crippen LogP contribution in [0.4, 0.5) is 11.4 Å². The topological polar surface area (TPSA) is 90.5 Å². The SMILES string of the molecule is CCNC(=O)c1ccc(NCC(=O)Nc2cccc(C(=O)N3CCC(C)CC3)c2)cc1. The number of piperidine rings is 1. The molecule has 2 aromatic rings. The van der Waals surface area contributed by atoms with Crippen LogP contribution < -0.4 is 16.0 Å². The van der Waals surface area contributed by atoms with Gasteiger partial charge in [-0.15, -0.1) is 0 Å². The van der Waals surface area contributed by atoms with Crippen LogP contribution in [0.25, 0.3) is 0 Å². The van der Waals surface area contributed by atoms with Gasteiger partial charge in [-0.3, -0.25) is 14.4 Å². The molecule has 1 aliphatic rings. The number of anilines is 2. The molecular formula is C24H30N4O3. The van der Waals surface area contributed by atoms with Gasteiger partial charge in [-0.2, -0.15) is 0 Å². The third kappa shape index (κ3) is 6.31. The lowest BCUT2D eigenvalue weighted by Crippen LogP contribution is -2.37. The fourth-order valence-corrected chi connectivity index (χ4v) is 3.51. The van der Waals surface area contributed by atoms with Gasteiger partial charge in [-0.1, -0.05) is 13.0 Å². The lowest BCUT2D eigenvalue weighted by atomic mass is 9.98. The van der Waals surface area contributed by atoms with Crippen molar-refractivity contribution in [2.75, 3.05) is 36.8 Å². The van der Waals surface area contributed by atoms with Crippen LogP contribution in [0.2, 0.25) is 0 Å². The van der Waals surface area contributed by atoms with Crippen molar-refractivity contribution in [2.45, 2.75) is 26.7 Å². The maximum absolute atomic E-state index is 12.7. The van der Waals surface area contributed by atoms with Gasteiger partial charge >= 0.3 is 0 Å². The Morgan fingerprint density at radius 1 is 0.968 bits per heavy atom. The van der Waals surface area contributed by atoms with Crippen molar-refractivity contribution in [3.63, 3.8) is 0 Å². The minimum absolute atomic E-state index is 0.00771. The number of amides is 3. The summed E-state index contributed by atoms with van der Waals surface area (Å²) < 4.78 is 0. The fourth-order valence-electron chi connectivity index (χ4n) is 3.51. The number of likely N-dealkylation sites (tertiary alicyclic amines) is 1. The van der Waals surface area contributed by atoms with Crippen LogP contribution in [-0.4, -0.2) is 48.8 Å². The highest BCUT2D eigenvalue weighted by Crippen LogP contribution is 2.19. The van der Waals surface area contributed by atoms with Gasteiger partial charge in [0.2, 0.25) is 5.91 Å². The summed E-state index contributed by atoms with van der Waals surface area (Å²) in [7, 11) is 0. The van der Waals surface area contributed by atoms with Crippen molar-refractivity contribution < 1.29 is 14.4 Å². The number of rotatable bonds is 7. The standard InChI is InChI=1S/C24H30N4O3/c1-3-25-23(30)18-7-9-20(10-8-18)26-16-22(29)27-21-6-4-5-19(15-21)24(31)28-13-11-17(2)12-14-28/h4-10,15,17,26H,3,11-14,16H2,1-2H3,(H,25,30)(H,27,29). The number of nitrogens with zero attached hydrogens (tertiary/aromatic N) is 1. The molecule has 3 N–H and O–H groups in total. The van der Waals surface area contributed by atoms with E-state index < -0.39 is 0 Å². The molecule has 0 saturated carbocycles. The van der Waals surface area contributed by atoms with Gasteiger partial charge in [-0.25, -0.2) is 0 Å². The van der Waals surface area contributed by atoms with Gasteiger partial charge < -0.3 is 20.9 Å². The average molecular weight is 423 g/mol. The molecule has 31 heavy (non-hydrogen) atoms. The molecule has 0 aliphatic carbocycles. The van der Waals surface area contributed by atoms with E-state index in [-0.39, 0.29) is 24.3 Å². The Hall–Kier alpha value is -3.35. The van der Waals surface area contributed by atoms with Gasteiger partial charge in [0.05, 0.1) is 6.54 Å². The number of carbonyl (C=O) groups is 3. The summed E-state index contributed by atoms with van der Waals surface area (Å²) in [5.41, 5.74) is 2.49. The summed E-state index contributed by atoms with van der Waals surface area (Å²) in [6.07, 6.45) is 2.05. The van der Waals surface area contributed by atoms with E-state index in [2.05, 4.69) is 22.9 Å². The largest absolute Gasteiger partial charge is 0.376 e. The molecule has 0 unspecified atom stereocenters. The third-order valence-electron chi connectivity index (χ3n) is 5.40. The highest BCUT2D eigenvalue weighted by atomic mass is 16.2. The van der Waals surface area contributed by atoms with E-state index in [9.17, 15) is 14.4 Å². The van der Waals surface area contributed by atoms with Gasteiger partial charge in [0.25, 0.3) is 11.8 Å².